The van der Waals surface area contributed by atoms with Crippen molar-refractivity contribution in [3.8, 4) is 23.0 Å². The van der Waals surface area contributed by atoms with Gasteiger partial charge in [0.1, 0.15) is 5.75 Å². The first kappa shape index (κ1) is 20.0. The molecule has 148 valence electrons. The van der Waals surface area contributed by atoms with Crippen LogP contribution in [0.25, 0.3) is 17.3 Å². The maximum atomic E-state index is 11.8. The zero-order valence-corrected chi connectivity index (χ0v) is 17.0. The van der Waals surface area contributed by atoms with E-state index in [0.29, 0.717) is 18.0 Å². The highest BCUT2D eigenvalue weighted by Crippen LogP contribution is 2.29. The summed E-state index contributed by atoms with van der Waals surface area (Å²) in [6.45, 7) is 3.92. The molecule has 7 nitrogen and oxygen atoms in total. The summed E-state index contributed by atoms with van der Waals surface area (Å²) in [6, 6.07) is 11.5. The van der Waals surface area contributed by atoms with Crippen molar-refractivity contribution in [2.75, 3.05) is 12.9 Å². The van der Waals surface area contributed by atoms with Gasteiger partial charge in [0.15, 0.2) is 10.9 Å². The van der Waals surface area contributed by atoms with Crippen LogP contribution in [0, 0.1) is 0 Å². The monoisotopic (exact) mass is 400 g/mol. The van der Waals surface area contributed by atoms with Crippen molar-refractivity contribution < 1.29 is 13.9 Å². The van der Waals surface area contributed by atoms with E-state index in [4.69, 9.17) is 9.15 Å². The molecule has 0 unspecified atom stereocenters. The minimum atomic E-state index is 0.0727. The third kappa shape index (κ3) is 4.95. The Hall–Kier alpha value is -2.74. The Morgan fingerprint density at radius 1 is 1.25 bits per heavy atom. The van der Waals surface area contributed by atoms with Gasteiger partial charge in [-0.15, -0.1) is 10.2 Å². The fraction of sp³-hybridized carbons (Fsp3) is 0.350. The molecule has 1 amide bonds. The number of nitrogens with one attached hydrogen (secondary N) is 1. The van der Waals surface area contributed by atoms with Gasteiger partial charge in [0.2, 0.25) is 11.7 Å². The quantitative estimate of drug-likeness (QED) is 0.433. The standard InChI is InChI=1S/C20H24N4O3S/c1-14(2)21-18(25)7-5-13-28-20-23-22-19(17-6-4-12-27-17)24(20)15-8-10-16(26-3)11-9-15/h4,6,8-12,14H,5,7,13H2,1-3H3,(H,21,25). The summed E-state index contributed by atoms with van der Waals surface area (Å²) in [5.74, 6) is 2.89. The average Bonchev–Trinajstić information content (AvgIpc) is 3.34. The van der Waals surface area contributed by atoms with Crippen molar-refractivity contribution >= 4 is 17.7 Å². The molecule has 2 aromatic heterocycles. The Morgan fingerprint density at radius 2 is 2.04 bits per heavy atom. The van der Waals surface area contributed by atoms with Gasteiger partial charge in [-0.25, -0.2) is 0 Å². The van der Waals surface area contributed by atoms with E-state index in [1.165, 1.54) is 0 Å². The molecule has 0 aliphatic rings. The number of nitrogens with zero attached hydrogens (tertiary/aromatic N) is 3. The molecule has 1 aromatic carbocycles. The van der Waals surface area contributed by atoms with Crippen molar-refractivity contribution in [3.63, 3.8) is 0 Å². The molecule has 1 N–H and O–H groups in total. The minimum absolute atomic E-state index is 0.0727. The lowest BCUT2D eigenvalue weighted by Gasteiger charge is -2.10. The molecule has 3 aromatic rings. The van der Waals surface area contributed by atoms with Crippen LogP contribution < -0.4 is 10.1 Å². The normalized spacial score (nSPS) is 11.0. The zero-order valence-electron chi connectivity index (χ0n) is 16.2. The summed E-state index contributed by atoms with van der Waals surface area (Å²) < 4.78 is 12.7. The van der Waals surface area contributed by atoms with Gasteiger partial charge < -0.3 is 14.5 Å². The molecule has 0 atom stereocenters. The van der Waals surface area contributed by atoms with E-state index < -0.39 is 0 Å². The number of ether oxygens (including phenoxy) is 1. The molecule has 0 saturated carbocycles. The second-order valence-electron chi connectivity index (χ2n) is 6.49. The number of thioether (sulfide) groups is 1. The summed E-state index contributed by atoms with van der Waals surface area (Å²) in [4.78, 5) is 11.8. The highest BCUT2D eigenvalue weighted by Gasteiger charge is 2.18. The largest absolute Gasteiger partial charge is 0.497 e. The summed E-state index contributed by atoms with van der Waals surface area (Å²) in [7, 11) is 1.64. The molecule has 0 aliphatic heterocycles. The molecular weight excluding hydrogens is 376 g/mol. The predicted molar refractivity (Wildman–Crippen MR) is 109 cm³/mol. The first-order valence-electron chi connectivity index (χ1n) is 9.14. The van der Waals surface area contributed by atoms with Gasteiger partial charge in [0, 0.05) is 18.2 Å². The highest BCUT2D eigenvalue weighted by molar-refractivity contribution is 7.99. The van der Waals surface area contributed by atoms with Gasteiger partial charge >= 0.3 is 0 Å². The molecule has 0 spiro atoms. The number of hydrogen-bond donors (Lipinski definition) is 1. The van der Waals surface area contributed by atoms with Crippen molar-refractivity contribution in [2.45, 2.75) is 37.9 Å². The third-order valence-electron chi connectivity index (χ3n) is 3.93. The molecule has 8 heteroatoms. The van der Waals surface area contributed by atoms with E-state index in [0.717, 1.165) is 28.8 Å². The Morgan fingerprint density at radius 3 is 2.68 bits per heavy atom. The molecule has 0 fully saturated rings. The second-order valence-corrected chi connectivity index (χ2v) is 7.55. The summed E-state index contributed by atoms with van der Waals surface area (Å²) in [5.41, 5.74) is 0.914. The van der Waals surface area contributed by atoms with Gasteiger partial charge in [-0.3, -0.25) is 9.36 Å². The minimum Gasteiger partial charge on any atom is -0.497 e. The molecule has 0 saturated heterocycles. The van der Waals surface area contributed by atoms with Crippen molar-refractivity contribution in [1.29, 1.82) is 0 Å². The van der Waals surface area contributed by atoms with Crippen LogP contribution in [0.4, 0.5) is 0 Å². The van der Waals surface area contributed by atoms with Crippen LogP contribution in [0.2, 0.25) is 0 Å². The number of rotatable bonds is 9. The number of hydrogen-bond acceptors (Lipinski definition) is 6. The van der Waals surface area contributed by atoms with Gasteiger partial charge in [-0.05, 0) is 56.7 Å². The topological polar surface area (TPSA) is 82.2 Å². The van der Waals surface area contributed by atoms with E-state index in [2.05, 4.69) is 15.5 Å². The third-order valence-corrected chi connectivity index (χ3v) is 4.95. The number of benzene rings is 1. The van der Waals surface area contributed by atoms with Gasteiger partial charge in [0.25, 0.3) is 0 Å². The predicted octanol–water partition coefficient (Wildman–Crippen LogP) is 3.93. The maximum Gasteiger partial charge on any atom is 0.220 e. The molecule has 3 rings (SSSR count). The van der Waals surface area contributed by atoms with Crippen LogP contribution in [0.3, 0.4) is 0 Å². The van der Waals surface area contributed by atoms with Crippen LogP contribution in [0.5, 0.6) is 5.75 Å². The number of amides is 1. The number of carbonyl (C=O) groups is 1. The molecular formula is C20H24N4O3S. The number of aromatic nitrogens is 3. The Balaban J connectivity index is 1.76. The van der Waals surface area contributed by atoms with Crippen LogP contribution in [0.1, 0.15) is 26.7 Å². The Labute approximate surface area is 168 Å². The van der Waals surface area contributed by atoms with Crippen molar-refractivity contribution in [3.05, 3.63) is 42.7 Å². The fourth-order valence-corrected chi connectivity index (χ4v) is 3.57. The number of furan rings is 1. The van der Waals surface area contributed by atoms with Crippen LogP contribution >= 0.6 is 11.8 Å². The maximum absolute atomic E-state index is 11.8. The Kier molecular flexibility index (Phi) is 6.76. The average molecular weight is 401 g/mol. The SMILES string of the molecule is COc1ccc(-n2c(SCCCC(=O)NC(C)C)nnc2-c2ccco2)cc1. The van der Waals surface area contributed by atoms with Crippen LogP contribution in [0.15, 0.2) is 52.2 Å². The lowest BCUT2D eigenvalue weighted by molar-refractivity contribution is -0.121. The molecule has 0 radical (unpaired) electrons. The number of carbonyl (C=O) groups excluding carboxylic acids is 1. The first-order chi connectivity index (χ1) is 13.6. The Bertz CT molecular complexity index is 889. The first-order valence-corrected chi connectivity index (χ1v) is 10.1. The van der Waals surface area contributed by atoms with Crippen LogP contribution in [-0.2, 0) is 4.79 Å². The van der Waals surface area contributed by atoms with Crippen molar-refractivity contribution in [1.82, 2.24) is 20.1 Å². The van der Waals surface area contributed by atoms with E-state index in [-0.39, 0.29) is 11.9 Å². The summed E-state index contributed by atoms with van der Waals surface area (Å²) in [6.07, 6.45) is 2.87. The van der Waals surface area contributed by atoms with Crippen molar-refractivity contribution in [2.24, 2.45) is 0 Å². The smallest absolute Gasteiger partial charge is 0.220 e. The lowest BCUT2D eigenvalue weighted by atomic mass is 10.3. The summed E-state index contributed by atoms with van der Waals surface area (Å²) >= 11 is 1.57. The van der Waals surface area contributed by atoms with Crippen LogP contribution in [-0.4, -0.2) is 39.6 Å². The molecule has 0 bridgehead atoms. The molecule has 0 aliphatic carbocycles. The van der Waals surface area contributed by atoms with E-state index >= 15 is 0 Å². The molecule has 2 heterocycles. The summed E-state index contributed by atoms with van der Waals surface area (Å²) in [5, 5.41) is 12.3. The van der Waals surface area contributed by atoms with Gasteiger partial charge in [-0.2, -0.15) is 0 Å². The fourth-order valence-electron chi connectivity index (χ4n) is 2.68. The van der Waals surface area contributed by atoms with E-state index in [9.17, 15) is 4.79 Å². The molecule has 28 heavy (non-hydrogen) atoms. The second kappa shape index (κ2) is 9.45. The van der Waals surface area contributed by atoms with Gasteiger partial charge in [0.05, 0.1) is 19.1 Å². The number of methoxy groups -OCH3 is 1. The van der Waals surface area contributed by atoms with E-state index in [1.807, 2.05) is 54.8 Å². The van der Waals surface area contributed by atoms with E-state index in [1.54, 1.807) is 25.1 Å². The highest BCUT2D eigenvalue weighted by atomic mass is 32.2. The van der Waals surface area contributed by atoms with Gasteiger partial charge in [-0.1, -0.05) is 11.8 Å². The zero-order chi connectivity index (χ0) is 19.9. The lowest BCUT2D eigenvalue weighted by Crippen LogP contribution is -2.29.